The topological polar surface area (TPSA) is 21.1 Å². The molecule has 1 unspecified atom stereocenters. The van der Waals surface area contributed by atoms with Gasteiger partial charge in [-0.25, -0.2) is 0 Å². The molecule has 4 heteroatoms. The number of aromatic nitrogens is 2. The fraction of sp³-hybridized carbons (Fsp3) is 0.786. The summed E-state index contributed by atoms with van der Waals surface area (Å²) in [6.45, 7) is 6.78. The van der Waals surface area contributed by atoms with Crippen molar-refractivity contribution in [3.63, 3.8) is 0 Å². The third-order valence-corrected chi connectivity index (χ3v) is 4.73. The Balaban J connectivity index is 2.20. The molecule has 18 heavy (non-hydrogen) atoms. The number of hydrogen-bond donors (Lipinski definition) is 0. The quantitative estimate of drug-likeness (QED) is 0.794. The highest BCUT2D eigenvalue weighted by atomic mass is 79.9. The average Bonchev–Trinajstić information content (AvgIpc) is 2.55. The van der Waals surface area contributed by atoms with Crippen molar-refractivity contribution in [2.45, 2.75) is 44.9 Å². The fourth-order valence-corrected chi connectivity index (χ4v) is 3.68. The Labute approximate surface area is 119 Å². The fourth-order valence-electron chi connectivity index (χ4n) is 3.03. The summed E-state index contributed by atoms with van der Waals surface area (Å²) in [4.78, 5) is 2.53. The minimum Gasteiger partial charge on any atom is -0.357 e. The third-order valence-electron chi connectivity index (χ3n) is 4.17. The molecule has 0 aliphatic carbocycles. The number of anilines is 1. The van der Waals surface area contributed by atoms with Gasteiger partial charge in [-0.3, -0.25) is 4.68 Å². The van der Waals surface area contributed by atoms with Crippen molar-refractivity contribution in [1.29, 1.82) is 0 Å². The van der Waals surface area contributed by atoms with Crippen molar-refractivity contribution in [1.82, 2.24) is 9.78 Å². The van der Waals surface area contributed by atoms with Gasteiger partial charge in [0.1, 0.15) is 5.82 Å². The molecule has 2 heterocycles. The van der Waals surface area contributed by atoms with Gasteiger partial charge in [-0.2, -0.15) is 5.10 Å². The normalized spacial score (nSPS) is 21.1. The largest absolute Gasteiger partial charge is 0.357 e. The number of nitrogens with zero attached hydrogens (tertiary/aromatic N) is 3. The lowest BCUT2D eigenvalue weighted by atomic mass is 9.98. The molecule has 3 nitrogen and oxygen atoms in total. The molecule has 0 spiro atoms. The Morgan fingerprint density at radius 2 is 2.11 bits per heavy atom. The Morgan fingerprint density at radius 1 is 1.33 bits per heavy atom. The summed E-state index contributed by atoms with van der Waals surface area (Å²) in [7, 11) is 2.07. The highest BCUT2D eigenvalue weighted by Gasteiger charge is 2.22. The van der Waals surface area contributed by atoms with Gasteiger partial charge in [0.2, 0.25) is 0 Å². The highest BCUT2D eigenvalue weighted by Crippen LogP contribution is 2.29. The maximum absolute atomic E-state index is 4.57. The van der Waals surface area contributed by atoms with Crippen LogP contribution in [-0.2, 0) is 12.4 Å². The molecule has 0 radical (unpaired) electrons. The molecular formula is C14H24BrN3. The molecule has 0 aromatic carbocycles. The zero-order valence-corrected chi connectivity index (χ0v) is 13.3. The molecule has 1 atom stereocenters. The zero-order chi connectivity index (χ0) is 13.1. The first kappa shape index (κ1) is 13.9. The summed E-state index contributed by atoms with van der Waals surface area (Å²) in [5.41, 5.74) is 2.51. The van der Waals surface area contributed by atoms with Gasteiger partial charge in [-0.1, -0.05) is 29.3 Å². The van der Waals surface area contributed by atoms with Crippen molar-refractivity contribution in [2.75, 3.05) is 18.0 Å². The molecular weight excluding hydrogens is 290 g/mol. The van der Waals surface area contributed by atoms with Gasteiger partial charge >= 0.3 is 0 Å². The van der Waals surface area contributed by atoms with Crippen LogP contribution in [0.2, 0.25) is 0 Å². The van der Waals surface area contributed by atoms with E-state index in [1.807, 2.05) is 0 Å². The molecule has 1 saturated heterocycles. The summed E-state index contributed by atoms with van der Waals surface area (Å²) in [6.07, 6.45) is 5.34. The van der Waals surface area contributed by atoms with Gasteiger partial charge in [0.15, 0.2) is 0 Å². The Morgan fingerprint density at radius 3 is 2.78 bits per heavy atom. The van der Waals surface area contributed by atoms with Gasteiger partial charge in [-0.15, -0.1) is 0 Å². The first-order chi connectivity index (χ1) is 8.67. The van der Waals surface area contributed by atoms with Gasteiger partial charge in [0.25, 0.3) is 0 Å². The maximum Gasteiger partial charge on any atom is 0.130 e. The van der Waals surface area contributed by atoms with Crippen LogP contribution in [0.1, 0.15) is 43.9 Å². The second-order valence-electron chi connectivity index (χ2n) is 5.34. The number of aryl methyl sites for hydroxylation is 2. The molecule has 0 amide bonds. The molecule has 2 rings (SSSR count). The smallest absolute Gasteiger partial charge is 0.130 e. The van der Waals surface area contributed by atoms with Gasteiger partial charge in [0, 0.05) is 31.0 Å². The summed E-state index contributed by atoms with van der Waals surface area (Å²) < 4.78 is 2.05. The van der Waals surface area contributed by atoms with Crippen LogP contribution in [-0.4, -0.2) is 22.9 Å². The first-order valence-corrected chi connectivity index (χ1v) is 8.12. The lowest BCUT2D eigenvalue weighted by Gasteiger charge is -2.24. The van der Waals surface area contributed by atoms with E-state index in [2.05, 4.69) is 51.5 Å². The van der Waals surface area contributed by atoms with E-state index in [0.717, 1.165) is 16.9 Å². The lowest BCUT2D eigenvalue weighted by Crippen LogP contribution is -2.27. The number of rotatable bonds is 3. The monoisotopic (exact) mass is 313 g/mol. The van der Waals surface area contributed by atoms with Crippen LogP contribution in [0.5, 0.6) is 0 Å². The Bertz CT molecular complexity index is 400. The van der Waals surface area contributed by atoms with Crippen molar-refractivity contribution in [3.8, 4) is 0 Å². The number of alkyl halides is 1. The molecule has 1 fully saturated rings. The van der Waals surface area contributed by atoms with E-state index < -0.39 is 0 Å². The van der Waals surface area contributed by atoms with Crippen LogP contribution < -0.4 is 4.90 Å². The van der Waals surface area contributed by atoms with Crippen molar-refractivity contribution in [2.24, 2.45) is 13.0 Å². The van der Waals surface area contributed by atoms with E-state index in [4.69, 9.17) is 0 Å². The summed E-state index contributed by atoms with van der Waals surface area (Å²) in [6, 6.07) is 0. The summed E-state index contributed by atoms with van der Waals surface area (Å²) >= 11 is 3.60. The van der Waals surface area contributed by atoms with Crippen LogP contribution in [0.25, 0.3) is 0 Å². The molecule has 1 aromatic heterocycles. The van der Waals surface area contributed by atoms with Crippen LogP contribution in [0, 0.1) is 12.8 Å². The zero-order valence-electron chi connectivity index (χ0n) is 11.7. The molecule has 0 bridgehead atoms. The van der Waals surface area contributed by atoms with Crippen LogP contribution in [0.4, 0.5) is 5.82 Å². The van der Waals surface area contributed by atoms with Crippen molar-refractivity contribution >= 4 is 21.7 Å². The van der Waals surface area contributed by atoms with E-state index in [9.17, 15) is 0 Å². The predicted octanol–water partition coefficient (Wildman–Crippen LogP) is 3.64. The molecule has 0 saturated carbocycles. The number of halogens is 1. The van der Waals surface area contributed by atoms with Gasteiger partial charge < -0.3 is 4.90 Å². The van der Waals surface area contributed by atoms with Crippen molar-refractivity contribution < 1.29 is 0 Å². The minimum absolute atomic E-state index is 0.899. The first-order valence-electron chi connectivity index (χ1n) is 7.00. The lowest BCUT2D eigenvalue weighted by molar-refractivity contribution is 0.459. The van der Waals surface area contributed by atoms with Gasteiger partial charge in [0.05, 0.1) is 5.69 Å². The Kier molecular flexibility index (Phi) is 4.71. The van der Waals surface area contributed by atoms with Crippen molar-refractivity contribution in [3.05, 3.63) is 11.3 Å². The Hall–Kier alpha value is -0.510. The summed E-state index contributed by atoms with van der Waals surface area (Å²) in [5, 5.41) is 5.47. The van der Waals surface area contributed by atoms with Gasteiger partial charge in [-0.05, 0) is 32.1 Å². The van der Waals surface area contributed by atoms with Crippen LogP contribution in [0.3, 0.4) is 0 Å². The number of hydrogen-bond acceptors (Lipinski definition) is 2. The molecule has 102 valence electrons. The standard InChI is InChI=1S/C14H24BrN3/c1-4-12-6-5-8-18(9-7-12)14-13(10-15)11(2)16-17(14)3/h12H,4-10H2,1-3H3. The third kappa shape index (κ3) is 2.73. The average molecular weight is 314 g/mol. The highest BCUT2D eigenvalue weighted by molar-refractivity contribution is 9.08. The summed E-state index contributed by atoms with van der Waals surface area (Å²) in [5.74, 6) is 2.23. The maximum atomic E-state index is 4.57. The van der Waals surface area contributed by atoms with Crippen LogP contribution >= 0.6 is 15.9 Å². The second kappa shape index (κ2) is 6.09. The molecule has 1 aliphatic rings. The van der Waals surface area contributed by atoms with E-state index in [-0.39, 0.29) is 0 Å². The van der Waals surface area contributed by atoms with E-state index in [1.165, 1.54) is 50.2 Å². The van der Waals surface area contributed by atoms with E-state index >= 15 is 0 Å². The minimum atomic E-state index is 0.899. The molecule has 0 N–H and O–H groups in total. The molecule has 1 aromatic rings. The molecule has 1 aliphatic heterocycles. The van der Waals surface area contributed by atoms with Crippen LogP contribution in [0.15, 0.2) is 0 Å². The second-order valence-corrected chi connectivity index (χ2v) is 5.90. The van der Waals surface area contributed by atoms with E-state index in [0.29, 0.717) is 0 Å². The SMILES string of the molecule is CCC1CCCN(c2c(CBr)c(C)nn2C)CC1. The predicted molar refractivity (Wildman–Crippen MR) is 80.4 cm³/mol. The van der Waals surface area contributed by atoms with E-state index in [1.54, 1.807) is 0 Å².